The van der Waals surface area contributed by atoms with E-state index in [4.69, 9.17) is 42.1 Å². The van der Waals surface area contributed by atoms with Crippen molar-refractivity contribution in [1.82, 2.24) is 10.2 Å². The van der Waals surface area contributed by atoms with Crippen molar-refractivity contribution in [1.29, 1.82) is 0 Å². The van der Waals surface area contributed by atoms with Crippen molar-refractivity contribution in [2.45, 2.75) is 43.3 Å². The van der Waals surface area contributed by atoms with E-state index >= 15 is 0 Å². The first-order chi connectivity index (χ1) is 23.6. The summed E-state index contributed by atoms with van der Waals surface area (Å²) in [7, 11) is 0. The Morgan fingerprint density at radius 3 is 2.57 bits per heavy atom. The van der Waals surface area contributed by atoms with E-state index in [0.717, 1.165) is 23.3 Å². The topological polar surface area (TPSA) is 120 Å². The first-order valence-electron chi connectivity index (χ1n) is 15.6. The van der Waals surface area contributed by atoms with Gasteiger partial charge in [-0.15, -0.1) is 10.2 Å². The molecule has 3 aromatic carbocycles. The van der Waals surface area contributed by atoms with Crippen LogP contribution >= 0.6 is 46.3 Å². The summed E-state index contributed by atoms with van der Waals surface area (Å²) in [5.74, 6) is 0.766. The number of hydrogen-bond donors (Lipinski definition) is 1. The number of aromatic nitrogens is 2. The van der Waals surface area contributed by atoms with E-state index < -0.39 is 17.7 Å². The van der Waals surface area contributed by atoms with E-state index in [1.807, 2.05) is 13.0 Å². The summed E-state index contributed by atoms with van der Waals surface area (Å²) in [5.41, 5.74) is 1.54. The molecule has 1 fully saturated rings. The standard InChI is InChI=1S/C35H33Cl2N3O7S2/c1-4-44-27-15-20(6-9-25(27)45-12-11-19(2)3)30-29(31(41)21-7-10-26-28(16-21)47-14-13-46-26)32(42)33(43)40(30)34-38-39-35(49-34)48-18-22-5-8-23(36)17-24(22)37/h5-10,15-17,19,30,41H,4,11-14,18H2,1-3H3/b31-29+/t30-/m1/s1. The van der Waals surface area contributed by atoms with Gasteiger partial charge >= 0.3 is 5.91 Å². The van der Waals surface area contributed by atoms with Crippen molar-refractivity contribution in [3.63, 3.8) is 0 Å². The van der Waals surface area contributed by atoms with Crippen LogP contribution in [0.25, 0.3) is 5.76 Å². The van der Waals surface area contributed by atoms with Gasteiger partial charge < -0.3 is 24.1 Å². The minimum Gasteiger partial charge on any atom is -0.507 e. The smallest absolute Gasteiger partial charge is 0.301 e. The number of fused-ring (bicyclic) bond motifs is 1. The lowest BCUT2D eigenvalue weighted by Gasteiger charge is -2.24. The molecule has 256 valence electrons. The first-order valence-corrected chi connectivity index (χ1v) is 18.2. The molecular weight excluding hydrogens is 709 g/mol. The molecule has 0 bridgehead atoms. The van der Waals surface area contributed by atoms with Crippen LogP contribution in [-0.4, -0.2) is 53.4 Å². The average molecular weight is 743 g/mol. The highest BCUT2D eigenvalue weighted by Gasteiger charge is 2.48. The normalized spacial score (nSPS) is 16.8. The zero-order valence-electron chi connectivity index (χ0n) is 26.9. The number of nitrogens with zero attached hydrogens (tertiary/aromatic N) is 3. The molecule has 0 aliphatic carbocycles. The Labute approximate surface area is 301 Å². The van der Waals surface area contributed by atoms with E-state index in [0.29, 0.717) is 86.6 Å². The number of carbonyl (C=O) groups excluding carboxylic acids is 2. The molecular formula is C35H33Cl2N3O7S2. The van der Waals surface area contributed by atoms with Crippen LogP contribution in [0.15, 0.2) is 64.5 Å². The van der Waals surface area contributed by atoms with E-state index in [2.05, 4.69) is 24.0 Å². The molecule has 0 spiro atoms. The van der Waals surface area contributed by atoms with Crippen LogP contribution in [-0.2, 0) is 15.3 Å². The van der Waals surface area contributed by atoms with Gasteiger partial charge in [0.2, 0.25) is 5.13 Å². The summed E-state index contributed by atoms with van der Waals surface area (Å²) < 4.78 is 23.9. The number of benzene rings is 3. The summed E-state index contributed by atoms with van der Waals surface area (Å²) in [4.78, 5) is 29.0. The van der Waals surface area contributed by atoms with Gasteiger partial charge in [0, 0.05) is 21.4 Å². The number of ketones is 1. The Bertz CT molecular complexity index is 1920. The number of amides is 1. The Morgan fingerprint density at radius 2 is 1.82 bits per heavy atom. The maximum Gasteiger partial charge on any atom is 0.301 e. The molecule has 2 aliphatic rings. The van der Waals surface area contributed by atoms with Gasteiger partial charge in [0.25, 0.3) is 5.78 Å². The molecule has 10 nitrogen and oxygen atoms in total. The van der Waals surface area contributed by atoms with Gasteiger partial charge in [0.15, 0.2) is 27.3 Å². The van der Waals surface area contributed by atoms with Crippen LogP contribution in [0.2, 0.25) is 10.0 Å². The molecule has 49 heavy (non-hydrogen) atoms. The van der Waals surface area contributed by atoms with Crippen LogP contribution in [0.1, 0.15) is 49.9 Å². The number of carbonyl (C=O) groups is 2. The predicted octanol–water partition coefficient (Wildman–Crippen LogP) is 8.36. The molecule has 0 radical (unpaired) electrons. The van der Waals surface area contributed by atoms with Crippen LogP contribution in [0.5, 0.6) is 23.0 Å². The second-order valence-electron chi connectivity index (χ2n) is 11.6. The predicted molar refractivity (Wildman–Crippen MR) is 191 cm³/mol. The quantitative estimate of drug-likeness (QED) is 0.0499. The van der Waals surface area contributed by atoms with Crippen molar-refractivity contribution in [2.75, 3.05) is 31.3 Å². The summed E-state index contributed by atoms with van der Waals surface area (Å²) in [5, 5.41) is 21.6. The maximum atomic E-state index is 13.8. The highest BCUT2D eigenvalue weighted by Crippen LogP contribution is 2.46. The summed E-state index contributed by atoms with van der Waals surface area (Å²) >= 11 is 14.9. The Kier molecular flexibility index (Phi) is 10.9. The van der Waals surface area contributed by atoms with E-state index in [-0.39, 0.29) is 16.5 Å². The lowest BCUT2D eigenvalue weighted by atomic mass is 9.95. The zero-order valence-corrected chi connectivity index (χ0v) is 30.0. The number of hydrogen-bond acceptors (Lipinski definition) is 11. The third-order valence-corrected chi connectivity index (χ3v) is 10.5. The molecule has 4 aromatic rings. The average Bonchev–Trinajstić information content (AvgIpc) is 3.65. The molecule has 3 heterocycles. The molecule has 1 aromatic heterocycles. The molecule has 1 amide bonds. The van der Waals surface area contributed by atoms with Crippen LogP contribution < -0.4 is 23.8 Å². The number of ether oxygens (including phenoxy) is 4. The molecule has 0 saturated carbocycles. The van der Waals surface area contributed by atoms with Gasteiger partial charge in [-0.2, -0.15) is 0 Å². The Morgan fingerprint density at radius 1 is 1.02 bits per heavy atom. The molecule has 1 N–H and O–H groups in total. The SMILES string of the molecule is CCOc1cc([C@@H]2/C(=C(\O)c3ccc4c(c3)OCCO4)C(=O)C(=O)N2c2nnc(SCc3ccc(Cl)cc3Cl)s2)ccc1OCCC(C)C. The maximum absolute atomic E-state index is 13.8. The number of aliphatic hydroxyl groups excluding tert-OH is 1. The third kappa shape index (κ3) is 7.62. The fraction of sp³-hybridized carbons (Fsp3) is 0.314. The monoisotopic (exact) mass is 741 g/mol. The van der Waals surface area contributed by atoms with Gasteiger partial charge in [-0.25, -0.2) is 0 Å². The van der Waals surface area contributed by atoms with E-state index in [1.165, 1.54) is 16.7 Å². The van der Waals surface area contributed by atoms with E-state index in [1.54, 1.807) is 48.5 Å². The highest BCUT2D eigenvalue weighted by molar-refractivity contribution is 8.00. The van der Waals surface area contributed by atoms with Crippen molar-refractivity contribution >= 4 is 68.9 Å². The lowest BCUT2D eigenvalue weighted by molar-refractivity contribution is -0.132. The van der Waals surface area contributed by atoms with Crippen LogP contribution in [0.4, 0.5) is 5.13 Å². The molecule has 1 saturated heterocycles. The first kappa shape index (κ1) is 34.9. The summed E-state index contributed by atoms with van der Waals surface area (Å²) in [6, 6.07) is 14.3. The minimum absolute atomic E-state index is 0.116. The van der Waals surface area contributed by atoms with Crippen molar-refractivity contribution in [3.8, 4) is 23.0 Å². The van der Waals surface area contributed by atoms with Gasteiger partial charge in [-0.3, -0.25) is 14.5 Å². The Hall–Kier alpha value is -3.97. The second-order valence-corrected chi connectivity index (χ2v) is 14.6. The summed E-state index contributed by atoms with van der Waals surface area (Å²) in [6.07, 6.45) is 0.852. The largest absolute Gasteiger partial charge is 0.507 e. The fourth-order valence-electron chi connectivity index (χ4n) is 5.31. The molecule has 14 heteroatoms. The zero-order chi connectivity index (χ0) is 34.7. The number of anilines is 1. The number of Topliss-reactive ketones (excluding diaryl/α,β-unsaturated/α-hetero) is 1. The number of thioether (sulfide) groups is 1. The van der Waals surface area contributed by atoms with E-state index in [9.17, 15) is 14.7 Å². The van der Waals surface area contributed by atoms with Gasteiger partial charge in [0.05, 0.1) is 24.8 Å². The fourth-order valence-corrected chi connectivity index (χ4v) is 7.74. The summed E-state index contributed by atoms with van der Waals surface area (Å²) in [6.45, 7) is 7.68. The minimum atomic E-state index is -1.06. The van der Waals surface area contributed by atoms with Crippen molar-refractivity contribution in [3.05, 3.63) is 86.9 Å². The van der Waals surface area contributed by atoms with Crippen LogP contribution in [0.3, 0.4) is 0 Å². The van der Waals surface area contributed by atoms with Crippen molar-refractivity contribution < 1.29 is 33.6 Å². The molecule has 6 rings (SSSR count). The van der Waals surface area contributed by atoms with Gasteiger partial charge in [-0.1, -0.05) is 72.3 Å². The second kappa shape index (κ2) is 15.3. The number of aliphatic hydroxyl groups is 1. The molecule has 0 unspecified atom stereocenters. The Balaban J connectivity index is 1.40. The number of halogens is 2. The highest BCUT2D eigenvalue weighted by atomic mass is 35.5. The third-order valence-electron chi connectivity index (χ3n) is 7.76. The van der Waals surface area contributed by atoms with Crippen molar-refractivity contribution in [2.24, 2.45) is 5.92 Å². The molecule has 2 aliphatic heterocycles. The van der Waals surface area contributed by atoms with Crippen LogP contribution in [0, 0.1) is 5.92 Å². The lowest BCUT2D eigenvalue weighted by Crippen LogP contribution is -2.29. The number of rotatable bonds is 12. The van der Waals surface area contributed by atoms with Gasteiger partial charge in [-0.05, 0) is 72.9 Å². The molecule has 1 atom stereocenters. The van der Waals surface area contributed by atoms with Gasteiger partial charge in [0.1, 0.15) is 19.0 Å².